The first-order chi connectivity index (χ1) is 11.3. The lowest BCUT2D eigenvalue weighted by Crippen LogP contribution is -2.18. The summed E-state index contributed by atoms with van der Waals surface area (Å²) in [6.45, 7) is 3.22. The highest BCUT2D eigenvalue weighted by molar-refractivity contribution is 5.45. The summed E-state index contributed by atoms with van der Waals surface area (Å²) in [6.07, 6.45) is 0. The molecule has 0 saturated heterocycles. The third-order valence-electron chi connectivity index (χ3n) is 3.95. The summed E-state index contributed by atoms with van der Waals surface area (Å²) >= 11 is 0. The van der Waals surface area contributed by atoms with Crippen LogP contribution in [0.5, 0.6) is 23.0 Å². The Morgan fingerprint density at radius 3 is 1.96 bits per heavy atom. The first kappa shape index (κ1) is 14.2. The lowest BCUT2D eigenvalue weighted by Gasteiger charge is -2.21. The van der Waals surface area contributed by atoms with Crippen molar-refractivity contribution in [2.24, 2.45) is 0 Å². The maximum absolute atomic E-state index is 5.64. The van der Waals surface area contributed by atoms with Crippen LogP contribution in [0.1, 0.15) is 11.1 Å². The van der Waals surface area contributed by atoms with Gasteiger partial charge in [0.15, 0.2) is 23.0 Å². The summed E-state index contributed by atoms with van der Waals surface area (Å²) in [4.78, 5) is 2.25. The molecule has 23 heavy (non-hydrogen) atoms. The van der Waals surface area contributed by atoms with Gasteiger partial charge in [0.25, 0.3) is 0 Å². The van der Waals surface area contributed by atoms with Crippen molar-refractivity contribution in [1.29, 1.82) is 0 Å². The molecule has 0 amide bonds. The van der Waals surface area contributed by atoms with Crippen LogP contribution in [0, 0.1) is 0 Å². The Kier molecular flexibility index (Phi) is 3.71. The van der Waals surface area contributed by atoms with Crippen molar-refractivity contribution < 1.29 is 18.9 Å². The molecular weight excluding hydrogens is 294 g/mol. The van der Waals surface area contributed by atoms with Gasteiger partial charge >= 0.3 is 0 Å². The van der Waals surface area contributed by atoms with Crippen LogP contribution in [0.2, 0.25) is 0 Å². The molecule has 2 heterocycles. The normalized spacial score (nSPS) is 15.0. The molecule has 5 heteroatoms. The Morgan fingerprint density at radius 2 is 1.26 bits per heavy atom. The highest BCUT2D eigenvalue weighted by Crippen LogP contribution is 2.33. The minimum absolute atomic E-state index is 0.311. The number of hydrogen-bond donors (Lipinski definition) is 0. The summed E-state index contributed by atoms with van der Waals surface area (Å²) in [5.74, 6) is 3.32. The molecule has 0 bridgehead atoms. The molecule has 0 N–H and O–H groups in total. The first-order valence-corrected chi connectivity index (χ1v) is 7.73. The molecule has 2 aromatic carbocycles. The molecule has 0 fully saturated rings. The summed E-state index contributed by atoms with van der Waals surface area (Å²) in [7, 11) is 2.10. The monoisotopic (exact) mass is 313 g/mol. The number of hydrogen-bond acceptors (Lipinski definition) is 5. The SMILES string of the molecule is CN(Cc1ccc2c(c1)OCCO2)Cc1ccc2c(c1)OCO2. The van der Waals surface area contributed by atoms with Crippen LogP contribution >= 0.6 is 0 Å². The largest absolute Gasteiger partial charge is 0.486 e. The van der Waals surface area contributed by atoms with E-state index in [1.165, 1.54) is 11.1 Å². The third-order valence-corrected chi connectivity index (χ3v) is 3.95. The summed E-state index contributed by atoms with van der Waals surface area (Å²) in [5.41, 5.74) is 2.41. The molecule has 120 valence electrons. The van der Waals surface area contributed by atoms with Gasteiger partial charge in [0.05, 0.1) is 0 Å². The van der Waals surface area contributed by atoms with Gasteiger partial charge in [0, 0.05) is 13.1 Å². The standard InChI is InChI=1S/C18H19NO4/c1-19(11-14-3-5-16-18(9-14)23-12-22-16)10-13-2-4-15-17(8-13)21-7-6-20-15/h2-5,8-9H,6-7,10-12H2,1H3. The highest BCUT2D eigenvalue weighted by Gasteiger charge is 2.15. The van der Waals surface area contributed by atoms with Gasteiger partial charge in [-0.05, 0) is 42.4 Å². The van der Waals surface area contributed by atoms with Gasteiger partial charge < -0.3 is 18.9 Å². The molecule has 0 aliphatic carbocycles. The Balaban J connectivity index is 1.42. The minimum atomic E-state index is 0.311. The lowest BCUT2D eigenvalue weighted by molar-refractivity contribution is 0.171. The number of rotatable bonds is 4. The number of fused-ring (bicyclic) bond motifs is 2. The van der Waals surface area contributed by atoms with Crippen LogP contribution in [-0.2, 0) is 13.1 Å². The van der Waals surface area contributed by atoms with Gasteiger partial charge in [0.2, 0.25) is 6.79 Å². The van der Waals surface area contributed by atoms with Gasteiger partial charge in [-0.2, -0.15) is 0 Å². The average molecular weight is 313 g/mol. The van der Waals surface area contributed by atoms with Crippen LogP contribution in [0.3, 0.4) is 0 Å². The Hall–Kier alpha value is -2.40. The van der Waals surface area contributed by atoms with Crippen molar-refractivity contribution in [2.45, 2.75) is 13.1 Å². The zero-order chi connectivity index (χ0) is 15.6. The molecule has 0 atom stereocenters. The van der Waals surface area contributed by atoms with E-state index in [9.17, 15) is 0 Å². The number of nitrogens with zero attached hydrogens (tertiary/aromatic N) is 1. The Bertz CT molecular complexity index is 716. The topological polar surface area (TPSA) is 40.2 Å². The summed E-state index contributed by atoms with van der Waals surface area (Å²) in [6, 6.07) is 12.2. The van der Waals surface area contributed by atoms with Crippen LogP contribution in [0.25, 0.3) is 0 Å². The second-order valence-electron chi connectivity index (χ2n) is 5.84. The second kappa shape index (κ2) is 6.01. The van der Waals surface area contributed by atoms with E-state index in [0.717, 1.165) is 36.1 Å². The van der Waals surface area contributed by atoms with Crippen LogP contribution in [0.4, 0.5) is 0 Å². The molecule has 2 aromatic rings. The average Bonchev–Trinajstić information content (AvgIpc) is 3.02. The molecule has 5 nitrogen and oxygen atoms in total. The van der Waals surface area contributed by atoms with Crippen molar-refractivity contribution in [2.75, 3.05) is 27.1 Å². The molecule has 2 aliphatic rings. The molecular formula is C18H19NO4. The smallest absolute Gasteiger partial charge is 0.231 e. The van der Waals surface area contributed by atoms with Gasteiger partial charge in [-0.25, -0.2) is 0 Å². The van der Waals surface area contributed by atoms with E-state index < -0.39 is 0 Å². The van der Waals surface area contributed by atoms with Gasteiger partial charge in [-0.15, -0.1) is 0 Å². The lowest BCUT2D eigenvalue weighted by atomic mass is 10.1. The fraction of sp³-hybridized carbons (Fsp3) is 0.333. The minimum Gasteiger partial charge on any atom is -0.486 e. The van der Waals surface area contributed by atoms with Crippen LogP contribution in [-0.4, -0.2) is 32.0 Å². The van der Waals surface area contributed by atoms with Crippen molar-refractivity contribution in [3.63, 3.8) is 0 Å². The quantitative estimate of drug-likeness (QED) is 0.868. The van der Waals surface area contributed by atoms with E-state index in [0.29, 0.717) is 20.0 Å². The molecule has 0 radical (unpaired) electrons. The first-order valence-electron chi connectivity index (χ1n) is 7.73. The fourth-order valence-corrected chi connectivity index (χ4v) is 2.90. The second-order valence-corrected chi connectivity index (χ2v) is 5.84. The van der Waals surface area contributed by atoms with Crippen LogP contribution in [0.15, 0.2) is 36.4 Å². The van der Waals surface area contributed by atoms with Crippen molar-refractivity contribution >= 4 is 0 Å². The van der Waals surface area contributed by atoms with Crippen molar-refractivity contribution in [1.82, 2.24) is 4.90 Å². The summed E-state index contributed by atoms with van der Waals surface area (Å²) < 4.78 is 22.0. The molecule has 0 aromatic heterocycles. The fourth-order valence-electron chi connectivity index (χ4n) is 2.90. The van der Waals surface area contributed by atoms with Crippen LogP contribution < -0.4 is 18.9 Å². The van der Waals surface area contributed by atoms with E-state index in [4.69, 9.17) is 18.9 Å². The Morgan fingerprint density at radius 1 is 0.739 bits per heavy atom. The zero-order valence-electron chi connectivity index (χ0n) is 13.1. The Labute approximate surface area is 135 Å². The van der Waals surface area contributed by atoms with E-state index in [1.807, 2.05) is 18.2 Å². The molecule has 0 unspecified atom stereocenters. The highest BCUT2D eigenvalue weighted by atomic mass is 16.7. The van der Waals surface area contributed by atoms with Gasteiger partial charge in [-0.1, -0.05) is 12.1 Å². The predicted molar refractivity (Wildman–Crippen MR) is 85.2 cm³/mol. The van der Waals surface area contributed by atoms with Gasteiger partial charge in [-0.3, -0.25) is 4.90 Å². The predicted octanol–water partition coefficient (Wildman–Crippen LogP) is 2.82. The van der Waals surface area contributed by atoms with E-state index in [2.05, 4.69) is 30.1 Å². The number of benzene rings is 2. The van der Waals surface area contributed by atoms with Crippen molar-refractivity contribution in [3.05, 3.63) is 47.5 Å². The maximum atomic E-state index is 5.64. The molecule has 0 spiro atoms. The van der Waals surface area contributed by atoms with E-state index in [1.54, 1.807) is 0 Å². The summed E-state index contributed by atoms with van der Waals surface area (Å²) in [5, 5.41) is 0. The third kappa shape index (κ3) is 3.05. The molecule has 0 saturated carbocycles. The molecule has 2 aliphatic heterocycles. The van der Waals surface area contributed by atoms with E-state index >= 15 is 0 Å². The van der Waals surface area contributed by atoms with Crippen molar-refractivity contribution in [3.8, 4) is 23.0 Å². The molecule has 4 rings (SSSR count). The van der Waals surface area contributed by atoms with E-state index in [-0.39, 0.29) is 0 Å². The zero-order valence-corrected chi connectivity index (χ0v) is 13.1. The van der Waals surface area contributed by atoms with Gasteiger partial charge in [0.1, 0.15) is 13.2 Å². The maximum Gasteiger partial charge on any atom is 0.231 e. The number of ether oxygens (including phenoxy) is 4.